The lowest BCUT2D eigenvalue weighted by Crippen LogP contribution is -2.35. The summed E-state index contributed by atoms with van der Waals surface area (Å²) in [6.07, 6.45) is 2.25. The van der Waals surface area contributed by atoms with E-state index in [1.165, 1.54) is 12.5 Å². The van der Waals surface area contributed by atoms with Crippen LogP contribution in [0.4, 0.5) is 4.39 Å². The number of halogens is 1. The minimum atomic E-state index is -0.121. The van der Waals surface area contributed by atoms with Crippen molar-refractivity contribution < 1.29 is 4.39 Å². The topological polar surface area (TPSA) is 12.0 Å². The minimum Gasteiger partial charge on any atom is -0.316 e. The highest BCUT2D eigenvalue weighted by atomic mass is 19.1. The Balaban J connectivity index is 1.96. The van der Waals surface area contributed by atoms with Gasteiger partial charge in [0.05, 0.1) is 0 Å². The molecule has 1 nitrogen and oxygen atoms in total. The lowest BCUT2D eigenvalue weighted by molar-refractivity contribution is 0.301. The first-order chi connectivity index (χ1) is 7.24. The van der Waals surface area contributed by atoms with Gasteiger partial charge < -0.3 is 5.32 Å². The monoisotopic (exact) mass is 207 g/mol. The van der Waals surface area contributed by atoms with Gasteiger partial charge in [0.25, 0.3) is 0 Å². The van der Waals surface area contributed by atoms with Crippen LogP contribution in [0, 0.1) is 17.7 Å². The van der Waals surface area contributed by atoms with Crippen LogP contribution in [0.5, 0.6) is 0 Å². The Bertz CT molecular complexity index is 324. The van der Waals surface area contributed by atoms with Crippen molar-refractivity contribution in [2.75, 3.05) is 13.1 Å². The van der Waals surface area contributed by atoms with Crippen molar-refractivity contribution in [3.05, 3.63) is 35.6 Å². The van der Waals surface area contributed by atoms with Gasteiger partial charge in [0.1, 0.15) is 5.82 Å². The number of rotatable bonds is 2. The van der Waals surface area contributed by atoms with Crippen LogP contribution in [0.3, 0.4) is 0 Å². The van der Waals surface area contributed by atoms with Gasteiger partial charge in [0, 0.05) is 0 Å². The number of nitrogens with one attached hydrogen (secondary N) is 1. The average molecular weight is 207 g/mol. The van der Waals surface area contributed by atoms with Gasteiger partial charge >= 0.3 is 0 Å². The van der Waals surface area contributed by atoms with E-state index in [1.54, 1.807) is 12.1 Å². The molecule has 1 saturated heterocycles. The Hall–Kier alpha value is -0.890. The Labute approximate surface area is 90.7 Å². The molecule has 1 aromatic carbocycles. The summed E-state index contributed by atoms with van der Waals surface area (Å²) in [5.74, 6) is 1.29. The molecule has 1 fully saturated rings. The Morgan fingerprint density at radius 1 is 1.40 bits per heavy atom. The summed E-state index contributed by atoms with van der Waals surface area (Å²) in [5.41, 5.74) is 1.12. The summed E-state index contributed by atoms with van der Waals surface area (Å²) < 4.78 is 13.0. The van der Waals surface area contributed by atoms with Gasteiger partial charge in [-0.25, -0.2) is 4.39 Å². The van der Waals surface area contributed by atoms with E-state index in [9.17, 15) is 4.39 Å². The van der Waals surface area contributed by atoms with Gasteiger partial charge in [0.15, 0.2) is 0 Å². The molecule has 1 aliphatic rings. The first kappa shape index (κ1) is 10.6. The van der Waals surface area contributed by atoms with Crippen LogP contribution in [0.2, 0.25) is 0 Å². The summed E-state index contributed by atoms with van der Waals surface area (Å²) >= 11 is 0. The molecule has 2 rings (SSSR count). The second-order valence-electron chi connectivity index (χ2n) is 4.70. The third-order valence-corrected chi connectivity index (χ3v) is 3.07. The summed E-state index contributed by atoms with van der Waals surface area (Å²) in [4.78, 5) is 0. The zero-order valence-corrected chi connectivity index (χ0v) is 9.17. The smallest absolute Gasteiger partial charge is 0.123 e. The van der Waals surface area contributed by atoms with E-state index >= 15 is 0 Å². The molecule has 1 aliphatic heterocycles. The summed E-state index contributed by atoms with van der Waals surface area (Å²) in [6, 6.07) is 6.97. The van der Waals surface area contributed by atoms with Crippen LogP contribution >= 0.6 is 0 Å². The molecule has 0 radical (unpaired) electrons. The fourth-order valence-corrected chi connectivity index (χ4v) is 2.42. The van der Waals surface area contributed by atoms with Crippen molar-refractivity contribution in [1.82, 2.24) is 5.32 Å². The largest absolute Gasteiger partial charge is 0.316 e. The molecule has 0 aliphatic carbocycles. The second-order valence-corrected chi connectivity index (χ2v) is 4.70. The molecule has 2 atom stereocenters. The van der Waals surface area contributed by atoms with Gasteiger partial charge in [-0.2, -0.15) is 0 Å². The van der Waals surface area contributed by atoms with Gasteiger partial charge in [0.2, 0.25) is 0 Å². The van der Waals surface area contributed by atoms with E-state index < -0.39 is 0 Å². The van der Waals surface area contributed by atoms with Crippen LogP contribution in [0.25, 0.3) is 0 Å². The maximum absolute atomic E-state index is 13.0. The number of piperidine rings is 1. The third-order valence-electron chi connectivity index (χ3n) is 3.07. The zero-order valence-electron chi connectivity index (χ0n) is 9.17. The number of hydrogen-bond donors (Lipinski definition) is 1. The van der Waals surface area contributed by atoms with Crippen LogP contribution < -0.4 is 5.32 Å². The van der Waals surface area contributed by atoms with Gasteiger partial charge in [-0.15, -0.1) is 0 Å². The van der Waals surface area contributed by atoms with Gasteiger partial charge in [-0.05, 0) is 55.5 Å². The van der Waals surface area contributed by atoms with E-state index in [4.69, 9.17) is 0 Å². The van der Waals surface area contributed by atoms with Crippen LogP contribution in [-0.2, 0) is 6.42 Å². The van der Waals surface area contributed by atoms with E-state index in [-0.39, 0.29) is 5.82 Å². The molecule has 15 heavy (non-hydrogen) atoms. The van der Waals surface area contributed by atoms with Crippen molar-refractivity contribution in [2.45, 2.75) is 19.8 Å². The molecular weight excluding hydrogens is 189 g/mol. The normalized spacial score (nSPS) is 26.5. The molecule has 0 bridgehead atoms. The van der Waals surface area contributed by atoms with Crippen molar-refractivity contribution >= 4 is 0 Å². The second kappa shape index (κ2) is 4.75. The molecule has 82 valence electrons. The van der Waals surface area contributed by atoms with Crippen LogP contribution in [0.15, 0.2) is 24.3 Å². The van der Waals surface area contributed by atoms with E-state index in [2.05, 4.69) is 12.2 Å². The summed E-state index contributed by atoms with van der Waals surface area (Å²) in [6.45, 7) is 4.46. The van der Waals surface area contributed by atoms with Crippen molar-refractivity contribution in [3.8, 4) is 0 Å². The molecule has 1 aromatic rings. The van der Waals surface area contributed by atoms with Crippen LogP contribution in [-0.4, -0.2) is 13.1 Å². The first-order valence-electron chi connectivity index (χ1n) is 5.69. The number of benzene rings is 1. The average Bonchev–Trinajstić information content (AvgIpc) is 2.17. The minimum absolute atomic E-state index is 0.121. The molecule has 2 unspecified atom stereocenters. The van der Waals surface area contributed by atoms with Gasteiger partial charge in [-0.1, -0.05) is 19.1 Å². The Morgan fingerprint density at radius 2 is 2.27 bits per heavy atom. The Morgan fingerprint density at radius 3 is 3.00 bits per heavy atom. The van der Waals surface area contributed by atoms with Crippen molar-refractivity contribution in [1.29, 1.82) is 0 Å². The lowest BCUT2D eigenvalue weighted by Gasteiger charge is -2.27. The molecule has 1 N–H and O–H groups in total. The Kier molecular flexibility index (Phi) is 3.37. The maximum Gasteiger partial charge on any atom is 0.123 e. The quantitative estimate of drug-likeness (QED) is 0.786. The van der Waals surface area contributed by atoms with Crippen molar-refractivity contribution in [2.24, 2.45) is 11.8 Å². The fourth-order valence-electron chi connectivity index (χ4n) is 2.42. The lowest BCUT2D eigenvalue weighted by atomic mass is 9.87. The van der Waals surface area contributed by atoms with Crippen LogP contribution in [0.1, 0.15) is 18.9 Å². The van der Waals surface area contributed by atoms with Crippen molar-refractivity contribution in [3.63, 3.8) is 0 Å². The molecule has 1 heterocycles. The molecule has 0 aromatic heterocycles. The SMILES string of the molecule is CC1CNCC(Cc2cccc(F)c2)C1. The molecular formula is C13H18FN. The summed E-state index contributed by atoms with van der Waals surface area (Å²) in [5, 5.41) is 3.43. The highest BCUT2D eigenvalue weighted by Crippen LogP contribution is 2.20. The standard InChI is InChI=1S/C13H18FN/c1-10-5-12(9-15-8-10)6-11-3-2-4-13(14)7-11/h2-4,7,10,12,15H,5-6,8-9H2,1H3. The predicted molar refractivity (Wildman–Crippen MR) is 60.2 cm³/mol. The number of hydrogen-bond acceptors (Lipinski definition) is 1. The molecule has 0 amide bonds. The van der Waals surface area contributed by atoms with E-state index in [0.717, 1.165) is 31.0 Å². The fraction of sp³-hybridized carbons (Fsp3) is 0.538. The molecule has 0 spiro atoms. The maximum atomic E-state index is 13.0. The third kappa shape index (κ3) is 3.03. The highest BCUT2D eigenvalue weighted by molar-refractivity contribution is 5.17. The molecule has 2 heteroatoms. The summed E-state index contributed by atoms with van der Waals surface area (Å²) in [7, 11) is 0. The van der Waals surface area contributed by atoms with Gasteiger partial charge in [-0.3, -0.25) is 0 Å². The van der Waals surface area contributed by atoms with E-state index in [0.29, 0.717) is 5.92 Å². The highest BCUT2D eigenvalue weighted by Gasteiger charge is 2.18. The zero-order chi connectivity index (χ0) is 10.7. The van der Waals surface area contributed by atoms with E-state index in [1.807, 2.05) is 6.07 Å². The molecule has 0 saturated carbocycles. The first-order valence-corrected chi connectivity index (χ1v) is 5.69. The predicted octanol–water partition coefficient (Wildman–Crippen LogP) is 2.61.